The maximum Gasteiger partial charge on any atom is 0.124 e. The fourth-order valence-corrected chi connectivity index (χ4v) is 4.12. The first-order valence-corrected chi connectivity index (χ1v) is 10.8. The van der Waals surface area contributed by atoms with Gasteiger partial charge in [0.25, 0.3) is 0 Å². The Kier molecular flexibility index (Phi) is 6.47. The van der Waals surface area contributed by atoms with Crippen molar-refractivity contribution in [1.29, 1.82) is 0 Å². The lowest BCUT2D eigenvalue weighted by atomic mass is 10.2. The van der Waals surface area contributed by atoms with Gasteiger partial charge in [-0.3, -0.25) is 9.80 Å². The summed E-state index contributed by atoms with van der Waals surface area (Å²) < 4.78 is 7.81. The van der Waals surface area contributed by atoms with Gasteiger partial charge in [-0.15, -0.1) is 0 Å². The maximum atomic E-state index is 5.40. The van der Waals surface area contributed by atoms with Gasteiger partial charge >= 0.3 is 0 Å². The van der Waals surface area contributed by atoms with Gasteiger partial charge in [0.1, 0.15) is 11.6 Å². The molecule has 1 fully saturated rings. The minimum Gasteiger partial charge on any atom is -0.497 e. The lowest BCUT2D eigenvalue weighted by Crippen LogP contribution is -2.45. The lowest BCUT2D eigenvalue weighted by Gasteiger charge is -2.34. The predicted octanol–water partition coefficient (Wildman–Crippen LogP) is 4.16. The number of unbranched alkanes of at least 4 members (excludes halogenated alkanes) is 1. The third-order valence-electron chi connectivity index (χ3n) is 5.85. The number of aryl methyl sites for hydroxylation is 1. The van der Waals surface area contributed by atoms with Crippen molar-refractivity contribution in [1.82, 2.24) is 19.4 Å². The smallest absolute Gasteiger partial charge is 0.124 e. The summed E-state index contributed by atoms with van der Waals surface area (Å²) in [5, 5.41) is 0. The van der Waals surface area contributed by atoms with Gasteiger partial charge in [-0.25, -0.2) is 4.98 Å². The van der Waals surface area contributed by atoms with E-state index < -0.39 is 0 Å². The summed E-state index contributed by atoms with van der Waals surface area (Å²) in [6.07, 6.45) is 2.36. The van der Waals surface area contributed by atoms with Crippen LogP contribution in [0.5, 0.6) is 5.75 Å². The SMILES string of the molecule is CCCCn1c(CN2CCN(Cc3ccccc3)CC2)nc2cc(OC)ccc21. The van der Waals surface area contributed by atoms with E-state index in [4.69, 9.17) is 9.72 Å². The second-order valence-electron chi connectivity index (χ2n) is 7.93. The molecule has 2 heterocycles. The number of hydrogen-bond acceptors (Lipinski definition) is 4. The highest BCUT2D eigenvalue weighted by Crippen LogP contribution is 2.23. The van der Waals surface area contributed by atoms with Gasteiger partial charge in [-0.05, 0) is 24.1 Å². The zero-order chi connectivity index (χ0) is 20.1. The number of fused-ring (bicyclic) bond motifs is 1. The second kappa shape index (κ2) is 9.42. The summed E-state index contributed by atoms with van der Waals surface area (Å²) in [5.74, 6) is 2.05. The number of imidazole rings is 1. The number of aromatic nitrogens is 2. The van der Waals surface area contributed by atoms with Gasteiger partial charge in [0.05, 0.1) is 24.7 Å². The van der Waals surface area contributed by atoms with Crippen molar-refractivity contribution in [2.24, 2.45) is 0 Å². The fraction of sp³-hybridized carbons (Fsp3) is 0.458. The topological polar surface area (TPSA) is 33.5 Å². The molecule has 1 saturated heterocycles. The molecule has 154 valence electrons. The van der Waals surface area contributed by atoms with Crippen LogP contribution >= 0.6 is 0 Å². The van der Waals surface area contributed by atoms with E-state index in [-0.39, 0.29) is 0 Å². The van der Waals surface area contributed by atoms with E-state index in [2.05, 4.69) is 63.8 Å². The molecule has 0 radical (unpaired) electrons. The monoisotopic (exact) mass is 392 g/mol. The van der Waals surface area contributed by atoms with Crippen LogP contribution in [0.25, 0.3) is 11.0 Å². The lowest BCUT2D eigenvalue weighted by molar-refractivity contribution is 0.119. The highest BCUT2D eigenvalue weighted by atomic mass is 16.5. The average molecular weight is 393 g/mol. The molecular weight excluding hydrogens is 360 g/mol. The number of piperazine rings is 1. The summed E-state index contributed by atoms with van der Waals surface area (Å²) in [6, 6.07) is 17.0. The minimum absolute atomic E-state index is 0.874. The largest absolute Gasteiger partial charge is 0.497 e. The van der Waals surface area contributed by atoms with E-state index >= 15 is 0 Å². The van der Waals surface area contributed by atoms with E-state index in [1.807, 2.05) is 6.07 Å². The molecule has 4 rings (SSSR count). The van der Waals surface area contributed by atoms with Gasteiger partial charge in [0.15, 0.2) is 0 Å². The van der Waals surface area contributed by atoms with Crippen LogP contribution < -0.4 is 4.74 Å². The molecule has 0 atom stereocenters. The van der Waals surface area contributed by atoms with Crippen LogP contribution in [0.3, 0.4) is 0 Å². The first-order valence-electron chi connectivity index (χ1n) is 10.8. The van der Waals surface area contributed by atoms with Crippen LogP contribution in [0.1, 0.15) is 31.2 Å². The van der Waals surface area contributed by atoms with Gasteiger partial charge < -0.3 is 9.30 Å². The van der Waals surface area contributed by atoms with Gasteiger partial charge in [-0.1, -0.05) is 43.7 Å². The Morgan fingerprint density at radius 3 is 2.34 bits per heavy atom. The molecule has 0 unspecified atom stereocenters. The van der Waals surface area contributed by atoms with Gasteiger partial charge in [0, 0.05) is 45.3 Å². The Hall–Kier alpha value is -2.37. The molecular formula is C24H32N4O. The molecule has 0 saturated carbocycles. The summed E-state index contributed by atoms with van der Waals surface area (Å²) in [7, 11) is 1.71. The van der Waals surface area contributed by atoms with E-state index in [0.29, 0.717) is 0 Å². The van der Waals surface area contributed by atoms with Crippen LogP contribution in [0.15, 0.2) is 48.5 Å². The molecule has 1 aromatic heterocycles. The Labute approximate surface area is 173 Å². The number of benzene rings is 2. The summed E-state index contributed by atoms with van der Waals surface area (Å²) >= 11 is 0. The van der Waals surface area contributed by atoms with Crippen molar-refractivity contribution in [3.05, 3.63) is 59.9 Å². The Morgan fingerprint density at radius 1 is 0.931 bits per heavy atom. The van der Waals surface area contributed by atoms with Crippen molar-refractivity contribution in [3.63, 3.8) is 0 Å². The zero-order valence-corrected chi connectivity index (χ0v) is 17.7. The molecule has 2 aromatic carbocycles. The van der Waals surface area contributed by atoms with Crippen LogP contribution in [0, 0.1) is 0 Å². The third kappa shape index (κ3) is 4.80. The van der Waals surface area contributed by atoms with Crippen molar-refractivity contribution >= 4 is 11.0 Å². The molecule has 1 aliphatic heterocycles. The first kappa shape index (κ1) is 19.9. The van der Waals surface area contributed by atoms with Crippen molar-refractivity contribution in [2.75, 3.05) is 33.3 Å². The van der Waals surface area contributed by atoms with Crippen LogP contribution in [-0.4, -0.2) is 52.6 Å². The first-order chi connectivity index (χ1) is 14.3. The molecule has 0 amide bonds. The number of methoxy groups -OCH3 is 1. The Bertz CT molecular complexity index is 913. The molecule has 29 heavy (non-hydrogen) atoms. The van der Waals surface area contributed by atoms with Gasteiger partial charge in [0.2, 0.25) is 0 Å². The predicted molar refractivity (Wildman–Crippen MR) is 118 cm³/mol. The molecule has 3 aromatic rings. The summed E-state index contributed by atoms with van der Waals surface area (Å²) in [6.45, 7) is 9.63. The molecule has 0 spiro atoms. The van der Waals surface area contributed by atoms with E-state index in [1.165, 1.54) is 29.7 Å². The average Bonchev–Trinajstić information content (AvgIpc) is 3.10. The number of ether oxygens (including phenoxy) is 1. The highest BCUT2D eigenvalue weighted by Gasteiger charge is 2.20. The third-order valence-corrected chi connectivity index (χ3v) is 5.85. The van der Waals surface area contributed by atoms with E-state index in [1.54, 1.807) is 7.11 Å². The minimum atomic E-state index is 0.874. The zero-order valence-electron chi connectivity index (χ0n) is 17.7. The van der Waals surface area contributed by atoms with Gasteiger partial charge in [-0.2, -0.15) is 0 Å². The quantitative estimate of drug-likeness (QED) is 0.576. The van der Waals surface area contributed by atoms with Crippen LogP contribution in [0.4, 0.5) is 0 Å². The fourth-order valence-electron chi connectivity index (χ4n) is 4.12. The highest BCUT2D eigenvalue weighted by molar-refractivity contribution is 5.77. The van der Waals surface area contributed by atoms with Crippen molar-refractivity contribution in [2.45, 2.75) is 39.4 Å². The normalized spacial score (nSPS) is 15.8. The standard InChI is InChI=1S/C24H32N4O/c1-3-4-12-28-23-11-10-21(29-2)17-22(23)25-24(28)19-27-15-13-26(14-16-27)18-20-8-6-5-7-9-20/h5-11,17H,3-4,12-16,18-19H2,1-2H3. The molecule has 5 heteroatoms. The second-order valence-corrected chi connectivity index (χ2v) is 7.93. The Morgan fingerprint density at radius 2 is 1.66 bits per heavy atom. The van der Waals surface area contributed by atoms with Crippen molar-refractivity contribution in [3.8, 4) is 5.75 Å². The molecule has 5 nitrogen and oxygen atoms in total. The van der Waals surface area contributed by atoms with E-state index in [0.717, 1.165) is 57.1 Å². The van der Waals surface area contributed by atoms with E-state index in [9.17, 15) is 0 Å². The number of rotatable bonds is 8. The molecule has 0 bridgehead atoms. The number of nitrogens with zero attached hydrogens (tertiary/aromatic N) is 4. The molecule has 1 aliphatic rings. The number of hydrogen-bond donors (Lipinski definition) is 0. The Balaban J connectivity index is 1.43. The summed E-state index contributed by atoms with van der Waals surface area (Å²) in [5.41, 5.74) is 3.66. The molecule has 0 N–H and O–H groups in total. The molecule has 0 aliphatic carbocycles. The van der Waals surface area contributed by atoms with Crippen LogP contribution in [0.2, 0.25) is 0 Å². The maximum absolute atomic E-state index is 5.40. The summed E-state index contributed by atoms with van der Waals surface area (Å²) in [4.78, 5) is 10.1. The van der Waals surface area contributed by atoms with Crippen molar-refractivity contribution < 1.29 is 4.74 Å². The van der Waals surface area contributed by atoms with Crippen LogP contribution in [-0.2, 0) is 19.6 Å².